The van der Waals surface area contributed by atoms with Gasteiger partial charge in [-0.3, -0.25) is 0 Å². The van der Waals surface area contributed by atoms with Crippen LogP contribution in [0.15, 0.2) is 0 Å². The Kier molecular flexibility index (Phi) is 3.59. The lowest BCUT2D eigenvalue weighted by molar-refractivity contribution is -0.164. The molecule has 1 fully saturated rings. The third-order valence-electron chi connectivity index (χ3n) is 2.66. The minimum Gasteiger partial charge on any atom is -0.367 e. The normalized spacial score (nSPS) is 26.1. The highest BCUT2D eigenvalue weighted by Crippen LogP contribution is 2.30. The summed E-state index contributed by atoms with van der Waals surface area (Å²) in [6.07, 6.45) is 0. The highest BCUT2D eigenvalue weighted by molar-refractivity contribution is 7.89. The quantitative estimate of drug-likeness (QED) is 0.746. The fraction of sp³-hybridized carbons (Fsp3) is 0.909. The first kappa shape index (κ1) is 14.4. The Morgan fingerprint density at radius 3 is 2.00 bits per heavy atom. The number of hydrogen-bond donors (Lipinski definition) is 0. The van der Waals surface area contributed by atoms with Crippen LogP contribution in [0.1, 0.15) is 34.6 Å². The lowest BCUT2D eigenvalue weighted by Crippen LogP contribution is -2.59. The van der Waals surface area contributed by atoms with Crippen molar-refractivity contribution in [3.63, 3.8) is 0 Å². The van der Waals surface area contributed by atoms with E-state index >= 15 is 0 Å². The molecule has 0 bridgehead atoms. The highest BCUT2D eigenvalue weighted by atomic mass is 32.2. The molecule has 0 amide bonds. The van der Waals surface area contributed by atoms with E-state index in [1.807, 2.05) is 27.7 Å². The minimum atomic E-state index is -3.56. The molecular formula is C11H20N2O3S. The van der Waals surface area contributed by atoms with Crippen molar-refractivity contribution in [2.24, 2.45) is 0 Å². The van der Waals surface area contributed by atoms with Gasteiger partial charge in [0.05, 0.1) is 17.3 Å². The molecule has 0 aromatic carbocycles. The zero-order valence-electron chi connectivity index (χ0n) is 11.0. The predicted molar refractivity (Wildman–Crippen MR) is 64.8 cm³/mol. The molecule has 0 aromatic heterocycles. The summed E-state index contributed by atoms with van der Waals surface area (Å²) in [5, 5.41) is 7.75. The molecule has 0 N–H and O–H groups in total. The van der Waals surface area contributed by atoms with E-state index in [1.54, 1.807) is 6.07 Å². The van der Waals surface area contributed by atoms with Crippen molar-refractivity contribution in [1.29, 1.82) is 5.26 Å². The van der Waals surface area contributed by atoms with E-state index in [9.17, 15) is 8.42 Å². The van der Waals surface area contributed by atoms with Crippen LogP contribution in [0, 0.1) is 11.3 Å². The Hall–Kier alpha value is -0.640. The first-order chi connectivity index (χ1) is 7.50. The molecule has 0 aromatic rings. The summed E-state index contributed by atoms with van der Waals surface area (Å²) in [4.78, 5) is 0. The van der Waals surface area contributed by atoms with E-state index in [-0.39, 0.29) is 13.1 Å². The average molecular weight is 260 g/mol. The van der Waals surface area contributed by atoms with E-state index in [0.29, 0.717) is 0 Å². The number of rotatable bonds is 2. The summed E-state index contributed by atoms with van der Waals surface area (Å²) in [6.45, 7) is 9.39. The van der Waals surface area contributed by atoms with Gasteiger partial charge in [-0.2, -0.15) is 9.57 Å². The summed E-state index contributed by atoms with van der Waals surface area (Å²) in [5.74, 6) is 0. The van der Waals surface area contributed by atoms with Crippen LogP contribution in [0.25, 0.3) is 0 Å². The van der Waals surface area contributed by atoms with Crippen molar-refractivity contribution in [3.8, 4) is 6.07 Å². The summed E-state index contributed by atoms with van der Waals surface area (Å²) in [5.41, 5.74) is -1.08. The maximum absolute atomic E-state index is 12.1. The second kappa shape index (κ2) is 4.23. The fourth-order valence-electron chi connectivity index (χ4n) is 2.19. The number of morpholine rings is 1. The molecule has 1 rings (SSSR count). The molecule has 98 valence electrons. The number of hydrogen-bond acceptors (Lipinski definition) is 4. The maximum Gasteiger partial charge on any atom is 0.230 e. The fourth-order valence-corrected chi connectivity index (χ4v) is 3.75. The monoisotopic (exact) mass is 260 g/mol. The molecule has 0 saturated carbocycles. The van der Waals surface area contributed by atoms with E-state index in [2.05, 4.69) is 0 Å². The molecule has 17 heavy (non-hydrogen) atoms. The molecule has 1 aliphatic rings. The molecule has 1 saturated heterocycles. The van der Waals surface area contributed by atoms with Gasteiger partial charge in [-0.05, 0) is 34.6 Å². The zero-order chi connectivity index (χ0) is 13.5. The molecule has 0 spiro atoms. The molecule has 5 nitrogen and oxygen atoms in total. The largest absolute Gasteiger partial charge is 0.367 e. The predicted octanol–water partition coefficient (Wildman–Crippen LogP) is 1.12. The van der Waals surface area contributed by atoms with Gasteiger partial charge in [-0.15, -0.1) is 0 Å². The Morgan fingerprint density at radius 2 is 1.65 bits per heavy atom. The van der Waals surface area contributed by atoms with Gasteiger partial charge in [-0.1, -0.05) is 0 Å². The molecule has 1 atom stereocenters. The van der Waals surface area contributed by atoms with Crippen LogP contribution >= 0.6 is 0 Å². The van der Waals surface area contributed by atoms with E-state index in [0.717, 1.165) is 0 Å². The van der Waals surface area contributed by atoms with Crippen LogP contribution in [0.4, 0.5) is 0 Å². The van der Waals surface area contributed by atoms with Gasteiger partial charge in [0.2, 0.25) is 10.0 Å². The summed E-state index contributed by atoms with van der Waals surface area (Å²) < 4.78 is 31.5. The van der Waals surface area contributed by atoms with Crippen LogP contribution in [0.2, 0.25) is 0 Å². The molecular weight excluding hydrogens is 240 g/mol. The second-order valence-electron chi connectivity index (χ2n) is 5.71. The van der Waals surface area contributed by atoms with E-state index < -0.39 is 26.5 Å². The van der Waals surface area contributed by atoms with Crippen LogP contribution in [-0.4, -0.2) is 42.3 Å². The Bertz CT molecular complexity index is 418. The maximum atomic E-state index is 12.1. The summed E-state index contributed by atoms with van der Waals surface area (Å²) in [6, 6.07) is 1.79. The van der Waals surface area contributed by atoms with Gasteiger partial charge >= 0.3 is 0 Å². The van der Waals surface area contributed by atoms with Gasteiger partial charge in [0.1, 0.15) is 0 Å². The molecule has 0 aliphatic carbocycles. The van der Waals surface area contributed by atoms with Crippen molar-refractivity contribution in [2.45, 2.75) is 51.1 Å². The minimum absolute atomic E-state index is 0.283. The van der Waals surface area contributed by atoms with Gasteiger partial charge in [0.25, 0.3) is 0 Å². The number of nitriles is 1. The Morgan fingerprint density at radius 1 is 1.24 bits per heavy atom. The van der Waals surface area contributed by atoms with Crippen molar-refractivity contribution in [2.75, 3.05) is 13.1 Å². The molecule has 1 aliphatic heterocycles. The van der Waals surface area contributed by atoms with Crippen molar-refractivity contribution in [1.82, 2.24) is 4.31 Å². The van der Waals surface area contributed by atoms with Gasteiger partial charge in [0, 0.05) is 13.1 Å². The Balaban J connectivity index is 3.05. The van der Waals surface area contributed by atoms with Crippen molar-refractivity contribution >= 4 is 10.0 Å². The number of ether oxygens (including phenoxy) is 1. The number of nitrogens with zero attached hydrogens (tertiary/aromatic N) is 2. The van der Waals surface area contributed by atoms with Crippen molar-refractivity contribution in [3.05, 3.63) is 0 Å². The molecule has 1 unspecified atom stereocenters. The molecule has 0 radical (unpaired) electrons. The molecule has 6 heteroatoms. The Labute approximate surface area is 103 Å². The first-order valence-electron chi connectivity index (χ1n) is 5.59. The smallest absolute Gasteiger partial charge is 0.230 e. The summed E-state index contributed by atoms with van der Waals surface area (Å²) in [7, 11) is -3.56. The van der Waals surface area contributed by atoms with Crippen molar-refractivity contribution < 1.29 is 13.2 Å². The first-order valence-corrected chi connectivity index (χ1v) is 7.09. The zero-order valence-corrected chi connectivity index (χ0v) is 11.8. The number of sulfonamides is 1. The SMILES string of the molecule is CC(C#N)S(=O)(=O)N1CC(C)(C)OC(C)(C)C1. The third kappa shape index (κ3) is 3.18. The van der Waals surface area contributed by atoms with Crippen LogP contribution < -0.4 is 0 Å². The van der Waals surface area contributed by atoms with Crippen LogP contribution in [-0.2, 0) is 14.8 Å². The van der Waals surface area contributed by atoms with Crippen LogP contribution in [0.3, 0.4) is 0 Å². The standard InChI is InChI=1S/C11H20N2O3S/c1-9(6-12)17(14,15)13-7-10(2,3)16-11(4,5)8-13/h9H,7-8H2,1-5H3. The topological polar surface area (TPSA) is 70.4 Å². The third-order valence-corrected chi connectivity index (χ3v) is 4.63. The van der Waals surface area contributed by atoms with E-state index in [4.69, 9.17) is 10.00 Å². The average Bonchev–Trinajstić information content (AvgIpc) is 2.11. The lowest BCUT2D eigenvalue weighted by atomic mass is 10.0. The van der Waals surface area contributed by atoms with E-state index in [1.165, 1.54) is 11.2 Å². The summed E-state index contributed by atoms with van der Waals surface area (Å²) >= 11 is 0. The van der Waals surface area contributed by atoms with Crippen LogP contribution in [0.5, 0.6) is 0 Å². The van der Waals surface area contributed by atoms with Gasteiger partial charge < -0.3 is 4.74 Å². The molecule has 1 heterocycles. The van der Waals surface area contributed by atoms with Gasteiger partial charge in [-0.25, -0.2) is 8.42 Å². The lowest BCUT2D eigenvalue weighted by Gasteiger charge is -2.46. The van der Waals surface area contributed by atoms with Gasteiger partial charge in [0.15, 0.2) is 5.25 Å². The highest BCUT2D eigenvalue weighted by Gasteiger charge is 2.44. The second-order valence-corrected chi connectivity index (χ2v) is 7.96.